The molecule has 2 N–H and O–H groups in total. The van der Waals surface area contributed by atoms with E-state index in [2.05, 4.69) is 5.32 Å². The molecule has 0 aromatic rings. The van der Waals surface area contributed by atoms with Crippen molar-refractivity contribution in [3.05, 3.63) is 0 Å². The van der Waals surface area contributed by atoms with Gasteiger partial charge in [-0.25, -0.2) is 0 Å². The molecule has 0 saturated heterocycles. The lowest BCUT2D eigenvalue weighted by Crippen LogP contribution is -2.30. The third-order valence-electron chi connectivity index (χ3n) is 1.62. The van der Waals surface area contributed by atoms with Crippen molar-refractivity contribution in [3.63, 3.8) is 0 Å². The topological polar surface area (TPSA) is 66.4 Å². The van der Waals surface area contributed by atoms with Crippen LogP contribution in [0.3, 0.4) is 0 Å². The van der Waals surface area contributed by atoms with E-state index in [-0.39, 0.29) is 12.3 Å². The summed E-state index contributed by atoms with van der Waals surface area (Å²) in [5.74, 6) is -1.33. The summed E-state index contributed by atoms with van der Waals surface area (Å²) in [5.41, 5.74) is 0. The Hall–Kier alpha value is -1.06. The SMILES string of the molecule is CC(C)CNC(=O)CC(C)C(=O)O. The molecule has 0 spiro atoms. The maximum Gasteiger partial charge on any atom is 0.306 e. The summed E-state index contributed by atoms with van der Waals surface area (Å²) in [7, 11) is 0. The predicted octanol–water partition coefficient (Wildman–Crippen LogP) is 0.869. The molecule has 0 rings (SSSR count). The second-order valence-electron chi connectivity index (χ2n) is 3.64. The molecule has 4 heteroatoms. The number of hydrogen-bond acceptors (Lipinski definition) is 2. The first-order chi connectivity index (χ1) is 5.93. The summed E-state index contributed by atoms with van der Waals surface area (Å²) < 4.78 is 0. The van der Waals surface area contributed by atoms with Crippen LogP contribution in [0.4, 0.5) is 0 Å². The van der Waals surface area contributed by atoms with E-state index in [0.717, 1.165) is 0 Å². The van der Waals surface area contributed by atoms with E-state index in [9.17, 15) is 9.59 Å². The average Bonchev–Trinajstić information content (AvgIpc) is 2.00. The third-order valence-corrected chi connectivity index (χ3v) is 1.62. The molecule has 0 heterocycles. The minimum Gasteiger partial charge on any atom is -0.481 e. The van der Waals surface area contributed by atoms with Gasteiger partial charge < -0.3 is 10.4 Å². The van der Waals surface area contributed by atoms with Crippen LogP contribution in [0.25, 0.3) is 0 Å². The molecule has 0 aliphatic carbocycles. The van der Waals surface area contributed by atoms with Gasteiger partial charge in [0.15, 0.2) is 0 Å². The van der Waals surface area contributed by atoms with E-state index in [4.69, 9.17) is 5.11 Å². The fourth-order valence-corrected chi connectivity index (χ4v) is 0.756. The van der Waals surface area contributed by atoms with E-state index in [1.165, 1.54) is 6.92 Å². The van der Waals surface area contributed by atoms with Crippen molar-refractivity contribution in [3.8, 4) is 0 Å². The van der Waals surface area contributed by atoms with Crippen molar-refractivity contribution >= 4 is 11.9 Å². The van der Waals surface area contributed by atoms with Crippen molar-refractivity contribution < 1.29 is 14.7 Å². The van der Waals surface area contributed by atoms with Gasteiger partial charge in [0.2, 0.25) is 5.91 Å². The Bertz CT molecular complexity index is 189. The van der Waals surface area contributed by atoms with Gasteiger partial charge >= 0.3 is 5.97 Å². The highest BCUT2D eigenvalue weighted by Gasteiger charge is 2.15. The quantitative estimate of drug-likeness (QED) is 0.671. The highest BCUT2D eigenvalue weighted by molar-refractivity contribution is 5.81. The lowest BCUT2D eigenvalue weighted by Gasteiger charge is -2.09. The number of carbonyl (C=O) groups is 2. The number of carboxylic acids is 1. The Balaban J connectivity index is 3.68. The molecule has 76 valence electrons. The molecule has 0 bridgehead atoms. The minimum absolute atomic E-state index is 0.0576. The molecule has 1 amide bonds. The lowest BCUT2D eigenvalue weighted by molar-refractivity contribution is -0.143. The van der Waals surface area contributed by atoms with Gasteiger partial charge in [-0.2, -0.15) is 0 Å². The largest absolute Gasteiger partial charge is 0.481 e. The van der Waals surface area contributed by atoms with Gasteiger partial charge in [0.1, 0.15) is 0 Å². The highest BCUT2D eigenvalue weighted by Crippen LogP contribution is 2.01. The second kappa shape index (κ2) is 5.56. The van der Waals surface area contributed by atoms with Gasteiger partial charge in [0.05, 0.1) is 5.92 Å². The first-order valence-corrected chi connectivity index (χ1v) is 4.43. The molecule has 0 saturated carbocycles. The molecule has 0 aliphatic heterocycles. The number of amides is 1. The standard InChI is InChI=1S/C9H17NO3/c1-6(2)5-10-8(11)4-7(3)9(12)13/h6-7H,4-5H2,1-3H3,(H,10,11)(H,12,13). The Kier molecular flexibility index (Phi) is 5.11. The van der Waals surface area contributed by atoms with Crippen LogP contribution in [0.2, 0.25) is 0 Å². The normalized spacial score (nSPS) is 12.6. The van der Waals surface area contributed by atoms with Crippen molar-refractivity contribution in [1.82, 2.24) is 5.32 Å². The summed E-state index contributed by atoms with van der Waals surface area (Å²) in [5, 5.41) is 11.2. The average molecular weight is 187 g/mol. The molecule has 0 radical (unpaired) electrons. The molecule has 1 atom stereocenters. The molecule has 1 unspecified atom stereocenters. The van der Waals surface area contributed by atoms with E-state index in [0.29, 0.717) is 12.5 Å². The predicted molar refractivity (Wildman–Crippen MR) is 49.3 cm³/mol. The summed E-state index contributed by atoms with van der Waals surface area (Å²) in [6, 6.07) is 0. The van der Waals surface area contributed by atoms with Gasteiger partial charge in [-0.15, -0.1) is 0 Å². The third kappa shape index (κ3) is 6.13. The fourth-order valence-electron chi connectivity index (χ4n) is 0.756. The number of aliphatic carboxylic acids is 1. The number of carboxylic acid groups (broad SMARTS) is 1. The van der Waals surface area contributed by atoms with E-state index in [1.807, 2.05) is 13.8 Å². The zero-order valence-electron chi connectivity index (χ0n) is 8.33. The van der Waals surface area contributed by atoms with Crippen molar-refractivity contribution in [1.29, 1.82) is 0 Å². The zero-order valence-corrected chi connectivity index (χ0v) is 8.33. The van der Waals surface area contributed by atoms with Crippen LogP contribution in [0.5, 0.6) is 0 Å². The van der Waals surface area contributed by atoms with Gasteiger partial charge in [-0.3, -0.25) is 9.59 Å². The Morgan fingerprint density at radius 1 is 1.31 bits per heavy atom. The van der Waals surface area contributed by atoms with Gasteiger partial charge in [-0.1, -0.05) is 20.8 Å². The molecule has 13 heavy (non-hydrogen) atoms. The fraction of sp³-hybridized carbons (Fsp3) is 0.778. The van der Waals surface area contributed by atoms with Gasteiger partial charge in [-0.05, 0) is 5.92 Å². The Morgan fingerprint density at radius 3 is 2.23 bits per heavy atom. The van der Waals surface area contributed by atoms with Crippen LogP contribution in [0.1, 0.15) is 27.2 Å². The van der Waals surface area contributed by atoms with Crippen LogP contribution in [0, 0.1) is 11.8 Å². The number of carbonyl (C=O) groups excluding carboxylic acids is 1. The smallest absolute Gasteiger partial charge is 0.306 e. The summed E-state index contributed by atoms with van der Waals surface area (Å²) in [6.45, 7) is 6.10. The lowest BCUT2D eigenvalue weighted by atomic mass is 10.1. The second-order valence-corrected chi connectivity index (χ2v) is 3.64. The van der Waals surface area contributed by atoms with Gasteiger partial charge in [0, 0.05) is 13.0 Å². The van der Waals surface area contributed by atoms with Crippen molar-refractivity contribution in [2.75, 3.05) is 6.54 Å². The molecule has 0 aliphatic rings. The van der Waals surface area contributed by atoms with Crippen LogP contribution >= 0.6 is 0 Å². The van der Waals surface area contributed by atoms with Crippen LogP contribution < -0.4 is 5.32 Å². The molecule has 0 aromatic heterocycles. The zero-order chi connectivity index (χ0) is 10.4. The first kappa shape index (κ1) is 11.9. The van der Waals surface area contributed by atoms with Crippen molar-refractivity contribution in [2.24, 2.45) is 11.8 Å². The summed E-state index contributed by atoms with van der Waals surface area (Å²) in [6.07, 6.45) is 0.0576. The van der Waals surface area contributed by atoms with Crippen molar-refractivity contribution in [2.45, 2.75) is 27.2 Å². The van der Waals surface area contributed by atoms with E-state index < -0.39 is 11.9 Å². The number of hydrogen-bond donors (Lipinski definition) is 2. The maximum absolute atomic E-state index is 11.1. The minimum atomic E-state index is -0.931. The molecule has 0 fully saturated rings. The van der Waals surface area contributed by atoms with Crippen LogP contribution in [-0.4, -0.2) is 23.5 Å². The van der Waals surface area contributed by atoms with E-state index in [1.54, 1.807) is 0 Å². The molecular weight excluding hydrogens is 170 g/mol. The van der Waals surface area contributed by atoms with E-state index >= 15 is 0 Å². The first-order valence-electron chi connectivity index (χ1n) is 4.43. The Morgan fingerprint density at radius 2 is 1.85 bits per heavy atom. The summed E-state index contributed by atoms with van der Waals surface area (Å²) in [4.78, 5) is 21.5. The molecular formula is C9H17NO3. The summed E-state index contributed by atoms with van der Waals surface area (Å²) >= 11 is 0. The van der Waals surface area contributed by atoms with Crippen LogP contribution in [-0.2, 0) is 9.59 Å². The molecule has 4 nitrogen and oxygen atoms in total. The number of rotatable bonds is 5. The number of nitrogens with one attached hydrogen (secondary N) is 1. The monoisotopic (exact) mass is 187 g/mol. The molecule has 0 aromatic carbocycles. The van der Waals surface area contributed by atoms with Gasteiger partial charge in [0.25, 0.3) is 0 Å². The Labute approximate surface area is 78.3 Å². The highest BCUT2D eigenvalue weighted by atomic mass is 16.4. The van der Waals surface area contributed by atoms with Crippen LogP contribution in [0.15, 0.2) is 0 Å². The maximum atomic E-state index is 11.1.